The standard InChI is InChI=1S/C10H10.C3H6O/c1-3-9(2)10-7-5-4-6-8-10;1-3(2)4/h3-8H,1-2H2;1-2H3. The molecule has 0 radical (unpaired) electrons. The molecule has 74 valence electrons. The Morgan fingerprint density at radius 2 is 1.64 bits per heavy atom. The number of hydrogen-bond acceptors (Lipinski definition) is 1. The molecule has 1 heteroatoms. The average Bonchev–Trinajstić information content (AvgIpc) is 2.17. The van der Waals surface area contributed by atoms with Gasteiger partial charge in [0.05, 0.1) is 0 Å². The van der Waals surface area contributed by atoms with Crippen LogP contribution in [0.1, 0.15) is 19.4 Å². The maximum absolute atomic E-state index is 9.44. The highest BCUT2D eigenvalue weighted by Gasteiger charge is 1.88. The molecule has 0 heterocycles. The third-order valence-corrected chi connectivity index (χ3v) is 1.39. The van der Waals surface area contributed by atoms with Crippen LogP contribution in [0.5, 0.6) is 0 Å². The zero-order valence-corrected chi connectivity index (χ0v) is 8.79. The lowest BCUT2D eigenvalue weighted by molar-refractivity contribution is -0.114. The first-order chi connectivity index (χ1) is 6.57. The molecule has 0 saturated heterocycles. The molecule has 0 aliphatic heterocycles. The molecular weight excluding hydrogens is 172 g/mol. The van der Waals surface area contributed by atoms with Crippen molar-refractivity contribution in [3.63, 3.8) is 0 Å². The minimum atomic E-state index is 0.167. The van der Waals surface area contributed by atoms with Crippen molar-refractivity contribution < 1.29 is 4.79 Å². The van der Waals surface area contributed by atoms with E-state index in [0.717, 1.165) is 11.1 Å². The highest BCUT2D eigenvalue weighted by Crippen LogP contribution is 2.10. The van der Waals surface area contributed by atoms with Crippen LogP contribution in [-0.2, 0) is 4.79 Å². The fourth-order valence-corrected chi connectivity index (χ4v) is 0.770. The molecule has 0 unspecified atom stereocenters. The van der Waals surface area contributed by atoms with Crippen LogP contribution in [-0.4, -0.2) is 5.78 Å². The molecule has 0 saturated carbocycles. The summed E-state index contributed by atoms with van der Waals surface area (Å²) in [7, 11) is 0. The lowest BCUT2D eigenvalue weighted by Gasteiger charge is -1.96. The molecule has 0 atom stereocenters. The van der Waals surface area contributed by atoms with Gasteiger partial charge in [-0.3, -0.25) is 0 Å². The van der Waals surface area contributed by atoms with Crippen molar-refractivity contribution in [2.24, 2.45) is 0 Å². The molecule has 0 aliphatic carbocycles. The van der Waals surface area contributed by atoms with Crippen molar-refractivity contribution in [2.75, 3.05) is 0 Å². The Labute approximate surface area is 85.8 Å². The van der Waals surface area contributed by atoms with E-state index in [2.05, 4.69) is 13.2 Å². The molecule has 0 aromatic heterocycles. The summed E-state index contributed by atoms with van der Waals surface area (Å²) < 4.78 is 0. The normalized spacial score (nSPS) is 8.14. The summed E-state index contributed by atoms with van der Waals surface area (Å²) in [5.41, 5.74) is 2.11. The van der Waals surface area contributed by atoms with Gasteiger partial charge in [-0.25, -0.2) is 0 Å². The molecule has 1 aromatic rings. The molecule has 0 spiro atoms. The second-order valence-electron chi connectivity index (χ2n) is 3.00. The number of rotatable bonds is 2. The van der Waals surface area contributed by atoms with Crippen molar-refractivity contribution in [1.82, 2.24) is 0 Å². The second-order valence-corrected chi connectivity index (χ2v) is 3.00. The van der Waals surface area contributed by atoms with E-state index in [0.29, 0.717) is 0 Å². The summed E-state index contributed by atoms with van der Waals surface area (Å²) in [6.07, 6.45) is 1.76. The van der Waals surface area contributed by atoms with Crippen LogP contribution >= 0.6 is 0 Å². The van der Waals surface area contributed by atoms with E-state index in [4.69, 9.17) is 0 Å². The predicted molar refractivity (Wildman–Crippen MR) is 62.0 cm³/mol. The molecule has 0 aliphatic rings. The third-order valence-electron chi connectivity index (χ3n) is 1.39. The first kappa shape index (κ1) is 12.4. The average molecular weight is 188 g/mol. The van der Waals surface area contributed by atoms with Crippen molar-refractivity contribution in [3.05, 3.63) is 55.1 Å². The summed E-state index contributed by atoms with van der Waals surface area (Å²) in [6, 6.07) is 10.0. The highest BCUT2D eigenvalue weighted by atomic mass is 16.1. The molecule has 0 N–H and O–H groups in total. The molecule has 1 rings (SSSR count). The first-order valence-corrected chi connectivity index (χ1v) is 4.42. The number of hydrogen-bond donors (Lipinski definition) is 0. The fraction of sp³-hybridized carbons (Fsp3) is 0.154. The van der Waals surface area contributed by atoms with Crippen LogP contribution in [0.3, 0.4) is 0 Å². The van der Waals surface area contributed by atoms with Crippen LogP contribution in [0, 0.1) is 0 Å². The maximum Gasteiger partial charge on any atom is 0.126 e. The molecule has 1 aromatic carbocycles. The number of allylic oxidation sites excluding steroid dienone is 2. The number of carbonyl (C=O) groups excluding carboxylic acids is 1. The second kappa shape index (κ2) is 6.84. The summed E-state index contributed by atoms with van der Waals surface area (Å²) in [6.45, 7) is 10.5. The molecule has 1 nitrogen and oxygen atoms in total. The Morgan fingerprint density at radius 3 is 2.00 bits per heavy atom. The minimum Gasteiger partial charge on any atom is -0.300 e. The highest BCUT2D eigenvalue weighted by molar-refractivity contribution is 5.72. The Kier molecular flexibility index (Phi) is 6.04. The monoisotopic (exact) mass is 188 g/mol. The summed E-state index contributed by atoms with van der Waals surface area (Å²) in [5.74, 6) is 0.167. The van der Waals surface area contributed by atoms with E-state index in [-0.39, 0.29) is 5.78 Å². The van der Waals surface area contributed by atoms with E-state index >= 15 is 0 Å². The van der Waals surface area contributed by atoms with Gasteiger partial charge in [0.25, 0.3) is 0 Å². The largest absolute Gasteiger partial charge is 0.300 e. The molecule has 0 amide bonds. The zero-order chi connectivity index (χ0) is 11.0. The van der Waals surface area contributed by atoms with Gasteiger partial charge in [0, 0.05) is 0 Å². The van der Waals surface area contributed by atoms with Gasteiger partial charge in [-0.15, -0.1) is 0 Å². The van der Waals surface area contributed by atoms with Crippen molar-refractivity contribution in [1.29, 1.82) is 0 Å². The molecule has 14 heavy (non-hydrogen) atoms. The quantitative estimate of drug-likeness (QED) is 0.649. The van der Waals surface area contributed by atoms with Crippen LogP contribution in [0.25, 0.3) is 5.57 Å². The molecule has 0 fully saturated rings. The molecular formula is C13H16O. The Hall–Kier alpha value is -1.63. The Morgan fingerprint density at radius 1 is 1.21 bits per heavy atom. The SMILES string of the molecule is C=CC(=C)c1ccccc1.CC(C)=O. The summed E-state index contributed by atoms with van der Waals surface area (Å²) in [5, 5.41) is 0. The smallest absolute Gasteiger partial charge is 0.126 e. The van der Waals surface area contributed by atoms with Gasteiger partial charge < -0.3 is 4.79 Å². The first-order valence-electron chi connectivity index (χ1n) is 4.42. The number of carbonyl (C=O) groups is 1. The lowest BCUT2D eigenvalue weighted by atomic mass is 10.1. The zero-order valence-electron chi connectivity index (χ0n) is 8.79. The van der Waals surface area contributed by atoms with Gasteiger partial charge >= 0.3 is 0 Å². The van der Waals surface area contributed by atoms with Crippen LogP contribution in [0.15, 0.2) is 49.6 Å². The van der Waals surface area contributed by atoms with Crippen molar-refractivity contribution in [2.45, 2.75) is 13.8 Å². The maximum atomic E-state index is 9.44. The Balaban J connectivity index is 0.000000364. The van der Waals surface area contributed by atoms with Crippen molar-refractivity contribution in [3.8, 4) is 0 Å². The number of ketones is 1. The van der Waals surface area contributed by atoms with Gasteiger partial charge in [0.2, 0.25) is 0 Å². The number of benzene rings is 1. The summed E-state index contributed by atoms with van der Waals surface area (Å²) >= 11 is 0. The van der Waals surface area contributed by atoms with Crippen molar-refractivity contribution >= 4 is 11.4 Å². The molecule has 0 bridgehead atoms. The van der Waals surface area contributed by atoms with Gasteiger partial charge in [-0.05, 0) is 25.0 Å². The third kappa shape index (κ3) is 5.95. The Bertz CT molecular complexity index is 305. The van der Waals surface area contributed by atoms with E-state index in [1.54, 1.807) is 6.08 Å². The van der Waals surface area contributed by atoms with Gasteiger partial charge in [-0.1, -0.05) is 49.6 Å². The van der Waals surface area contributed by atoms with E-state index in [1.165, 1.54) is 13.8 Å². The summed E-state index contributed by atoms with van der Waals surface area (Å²) in [4.78, 5) is 9.44. The van der Waals surface area contributed by atoms with Gasteiger partial charge in [0.1, 0.15) is 5.78 Å². The number of Topliss-reactive ketones (excluding diaryl/α,β-unsaturated/α-hetero) is 1. The van der Waals surface area contributed by atoms with Gasteiger partial charge in [-0.2, -0.15) is 0 Å². The van der Waals surface area contributed by atoms with E-state index < -0.39 is 0 Å². The lowest BCUT2D eigenvalue weighted by Crippen LogP contribution is -1.74. The topological polar surface area (TPSA) is 17.1 Å². The van der Waals surface area contributed by atoms with Gasteiger partial charge in [0.15, 0.2) is 0 Å². The van der Waals surface area contributed by atoms with Crippen LogP contribution < -0.4 is 0 Å². The van der Waals surface area contributed by atoms with Crippen LogP contribution in [0.4, 0.5) is 0 Å². The minimum absolute atomic E-state index is 0.167. The fourth-order valence-electron chi connectivity index (χ4n) is 0.770. The predicted octanol–water partition coefficient (Wildman–Crippen LogP) is 3.48. The van der Waals surface area contributed by atoms with Crippen LogP contribution in [0.2, 0.25) is 0 Å². The van der Waals surface area contributed by atoms with E-state index in [9.17, 15) is 4.79 Å². The van der Waals surface area contributed by atoms with E-state index in [1.807, 2.05) is 30.3 Å².